The highest BCUT2D eigenvalue weighted by atomic mass is 16.5. The monoisotopic (exact) mass is 333 g/mol. The molecule has 0 fully saturated rings. The van der Waals surface area contributed by atoms with Crippen molar-refractivity contribution in [2.75, 3.05) is 13.2 Å². The fourth-order valence-electron chi connectivity index (χ4n) is 2.30. The molecule has 1 N–H and O–H groups in total. The number of hydrogen-bond donors (Lipinski definition) is 1. The SMILES string of the molecule is CCOC(=O)CCNCc1ccc(OCn2nc(C)cc2C)cc1.[HH]. The van der Waals surface area contributed by atoms with Crippen LogP contribution in [-0.2, 0) is 22.8 Å². The number of carbonyl (C=O) groups is 1. The number of aromatic nitrogens is 2. The van der Waals surface area contributed by atoms with Gasteiger partial charge in [-0.15, -0.1) is 0 Å². The largest absolute Gasteiger partial charge is 0.471 e. The van der Waals surface area contributed by atoms with E-state index in [0.29, 0.717) is 32.8 Å². The van der Waals surface area contributed by atoms with Gasteiger partial charge in [-0.1, -0.05) is 12.1 Å². The molecular weight excluding hydrogens is 306 g/mol. The van der Waals surface area contributed by atoms with Crippen LogP contribution in [0.3, 0.4) is 0 Å². The summed E-state index contributed by atoms with van der Waals surface area (Å²) in [6, 6.07) is 9.91. The minimum absolute atomic E-state index is 0. The fraction of sp³-hybridized carbons (Fsp3) is 0.444. The minimum Gasteiger partial charge on any atom is -0.471 e. The summed E-state index contributed by atoms with van der Waals surface area (Å²) < 4.78 is 12.5. The van der Waals surface area contributed by atoms with Crippen LogP contribution in [0.2, 0.25) is 0 Å². The van der Waals surface area contributed by atoms with Crippen LogP contribution in [-0.4, -0.2) is 28.9 Å². The van der Waals surface area contributed by atoms with Gasteiger partial charge in [-0.2, -0.15) is 5.10 Å². The van der Waals surface area contributed by atoms with E-state index in [1.807, 2.05) is 55.8 Å². The molecule has 2 aromatic rings. The first-order chi connectivity index (χ1) is 11.6. The number of nitrogens with one attached hydrogen (secondary N) is 1. The maximum absolute atomic E-state index is 11.2. The van der Waals surface area contributed by atoms with Crippen LogP contribution in [0.1, 0.15) is 31.7 Å². The maximum Gasteiger partial charge on any atom is 0.307 e. The Morgan fingerprint density at radius 1 is 1.29 bits per heavy atom. The zero-order chi connectivity index (χ0) is 17.4. The Labute approximate surface area is 144 Å². The van der Waals surface area contributed by atoms with Crippen molar-refractivity contribution in [3.8, 4) is 5.75 Å². The van der Waals surface area contributed by atoms with Gasteiger partial charge in [0, 0.05) is 20.2 Å². The van der Waals surface area contributed by atoms with E-state index >= 15 is 0 Å². The molecule has 1 aromatic carbocycles. The lowest BCUT2D eigenvalue weighted by Gasteiger charge is -2.09. The molecule has 132 valence electrons. The summed E-state index contributed by atoms with van der Waals surface area (Å²) in [5, 5.41) is 7.59. The van der Waals surface area contributed by atoms with Crippen LogP contribution >= 0.6 is 0 Å². The fourth-order valence-corrected chi connectivity index (χ4v) is 2.30. The molecular formula is C18H27N3O3. The maximum atomic E-state index is 11.2. The van der Waals surface area contributed by atoms with E-state index in [2.05, 4.69) is 10.4 Å². The van der Waals surface area contributed by atoms with Gasteiger partial charge in [0.2, 0.25) is 0 Å². The lowest BCUT2D eigenvalue weighted by Crippen LogP contribution is -2.19. The second-order valence-electron chi connectivity index (χ2n) is 5.58. The summed E-state index contributed by atoms with van der Waals surface area (Å²) in [5.41, 5.74) is 3.20. The van der Waals surface area contributed by atoms with Gasteiger partial charge in [0.15, 0.2) is 6.73 Å². The van der Waals surface area contributed by atoms with Gasteiger partial charge in [-0.25, -0.2) is 4.68 Å². The Hall–Kier alpha value is -2.34. The van der Waals surface area contributed by atoms with E-state index in [-0.39, 0.29) is 7.40 Å². The standard InChI is InChI=1S/C18H25N3O3.H2/c1-4-23-18(22)9-10-19-12-16-5-7-17(8-6-16)24-13-21-15(3)11-14(2)20-21;/h5-8,11,19H,4,9-10,12-13H2,1-3H3;1H. The average molecular weight is 333 g/mol. The molecule has 0 saturated carbocycles. The molecule has 6 nitrogen and oxygen atoms in total. The molecule has 0 amide bonds. The van der Waals surface area contributed by atoms with Crippen molar-refractivity contribution in [1.29, 1.82) is 0 Å². The first kappa shape index (κ1) is 18.0. The second kappa shape index (κ2) is 9.08. The van der Waals surface area contributed by atoms with E-state index in [4.69, 9.17) is 9.47 Å². The van der Waals surface area contributed by atoms with Crippen molar-refractivity contribution in [1.82, 2.24) is 15.1 Å². The molecule has 2 rings (SSSR count). The number of ether oxygens (including phenoxy) is 2. The third kappa shape index (κ3) is 5.70. The molecule has 0 radical (unpaired) electrons. The molecule has 0 atom stereocenters. The Kier molecular flexibility index (Phi) is 6.81. The van der Waals surface area contributed by atoms with Gasteiger partial charge in [-0.05, 0) is 44.5 Å². The summed E-state index contributed by atoms with van der Waals surface area (Å²) in [4.78, 5) is 11.2. The summed E-state index contributed by atoms with van der Waals surface area (Å²) in [5.74, 6) is 0.635. The van der Waals surface area contributed by atoms with E-state index < -0.39 is 0 Å². The summed E-state index contributed by atoms with van der Waals surface area (Å²) >= 11 is 0. The van der Waals surface area contributed by atoms with Gasteiger partial charge in [-0.3, -0.25) is 4.79 Å². The third-order valence-electron chi connectivity index (χ3n) is 3.52. The number of aryl methyl sites for hydroxylation is 2. The van der Waals surface area contributed by atoms with Crippen LogP contribution in [0.25, 0.3) is 0 Å². The molecule has 0 spiro atoms. The van der Waals surface area contributed by atoms with Crippen molar-refractivity contribution in [2.24, 2.45) is 0 Å². The van der Waals surface area contributed by atoms with E-state index in [1.165, 1.54) is 0 Å². The van der Waals surface area contributed by atoms with Crippen LogP contribution in [0.5, 0.6) is 5.75 Å². The molecule has 0 saturated heterocycles. The van der Waals surface area contributed by atoms with Crippen molar-refractivity contribution < 1.29 is 15.7 Å². The van der Waals surface area contributed by atoms with Gasteiger partial charge in [0.1, 0.15) is 5.75 Å². The summed E-state index contributed by atoms with van der Waals surface area (Å²) in [7, 11) is 0. The Bertz CT molecular complexity index is 656. The smallest absolute Gasteiger partial charge is 0.307 e. The number of carbonyl (C=O) groups excluding carboxylic acids is 1. The molecule has 24 heavy (non-hydrogen) atoms. The third-order valence-corrected chi connectivity index (χ3v) is 3.52. The number of nitrogens with zero attached hydrogens (tertiary/aromatic N) is 2. The number of hydrogen-bond acceptors (Lipinski definition) is 5. The predicted molar refractivity (Wildman–Crippen MR) is 93.8 cm³/mol. The number of esters is 1. The molecule has 0 aliphatic heterocycles. The Morgan fingerprint density at radius 2 is 2.04 bits per heavy atom. The van der Waals surface area contributed by atoms with E-state index in [1.54, 1.807) is 0 Å². The predicted octanol–water partition coefficient (Wildman–Crippen LogP) is 2.83. The normalized spacial score (nSPS) is 10.6. The van der Waals surface area contributed by atoms with E-state index in [9.17, 15) is 4.79 Å². The van der Waals surface area contributed by atoms with Crippen molar-refractivity contribution in [2.45, 2.75) is 40.5 Å². The van der Waals surface area contributed by atoms with Crippen molar-refractivity contribution in [3.05, 3.63) is 47.3 Å². The van der Waals surface area contributed by atoms with Crippen molar-refractivity contribution in [3.63, 3.8) is 0 Å². The zero-order valence-corrected chi connectivity index (χ0v) is 14.5. The highest BCUT2D eigenvalue weighted by molar-refractivity contribution is 5.69. The summed E-state index contributed by atoms with van der Waals surface area (Å²) in [6.07, 6.45) is 0.387. The van der Waals surface area contributed by atoms with Crippen LogP contribution < -0.4 is 10.1 Å². The van der Waals surface area contributed by atoms with Gasteiger partial charge >= 0.3 is 5.97 Å². The lowest BCUT2D eigenvalue weighted by molar-refractivity contribution is -0.142. The van der Waals surface area contributed by atoms with Crippen LogP contribution in [0.4, 0.5) is 0 Å². The molecule has 0 aliphatic carbocycles. The Morgan fingerprint density at radius 3 is 2.67 bits per heavy atom. The zero-order valence-electron chi connectivity index (χ0n) is 14.5. The number of rotatable bonds is 9. The highest BCUT2D eigenvalue weighted by Gasteiger charge is 2.03. The summed E-state index contributed by atoms with van der Waals surface area (Å²) in [6.45, 7) is 7.92. The van der Waals surface area contributed by atoms with Crippen LogP contribution in [0.15, 0.2) is 30.3 Å². The number of benzene rings is 1. The topological polar surface area (TPSA) is 65.4 Å². The second-order valence-corrected chi connectivity index (χ2v) is 5.58. The quantitative estimate of drug-likeness (QED) is 0.565. The first-order valence-electron chi connectivity index (χ1n) is 8.17. The highest BCUT2D eigenvalue weighted by Crippen LogP contribution is 2.13. The van der Waals surface area contributed by atoms with Gasteiger partial charge < -0.3 is 14.8 Å². The lowest BCUT2D eigenvalue weighted by atomic mass is 10.2. The first-order valence-corrected chi connectivity index (χ1v) is 8.17. The molecule has 0 unspecified atom stereocenters. The van der Waals surface area contributed by atoms with Gasteiger partial charge in [0.05, 0.1) is 18.7 Å². The Balaban J connectivity index is 0.00000312. The van der Waals surface area contributed by atoms with Crippen LogP contribution in [0, 0.1) is 13.8 Å². The molecule has 6 heteroatoms. The average Bonchev–Trinajstić information content (AvgIpc) is 2.88. The van der Waals surface area contributed by atoms with Gasteiger partial charge in [0.25, 0.3) is 0 Å². The molecule has 1 heterocycles. The molecule has 0 bridgehead atoms. The van der Waals surface area contributed by atoms with E-state index in [0.717, 1.165) is 22.7 Å². The molecule has 0 aliphatic rings. The molecule has 1 aromatic heterocycles. The minimum atomic E-state index is -0.169. The van der Waals surface area contributed by atoms with Crippen molar-refractivity contribution >= 4 is 5.97 Å².